The van der Waals surface area contributed by atoms with Crippen molar-refractivity contribution in [3.8, 4) is 0 Å². The van der Waals surface area contributed by atoms with Gasteiger partial charge in [0.25, 0.3) is 5.91 Å². The number of fused-ring (bicyclic) bond motifs is 1. The number of para-hydroxylation sites is 2. The Labute approximate surface area is 155 Å². The number of aromatic nitrogens is 2. The summed E-state index contributed by atoms with van der Waals surface area (Å²) in [6.45, 7) is 2.87. The van der Waals surface area contributed by atoms with Crippen molar-refractivity contribution in [3.05, 3.63) is 47.1 Å². The summed E-state index contributed by atoms with van der Waals surface area (Å²) in [6.07, 6.45) is 1.97. The van der Waals surface area contributed by atoms with Gasteiger partial charge in [-0.05, 0) is 37.1 Å². The van der Waals surface area contributed by atoms with Gasteiger partial charge < -0.3 is 15.2 Å². The third kappa shape index (κ3) is 3.35. The van der Waals surface area contributed by atoms with Gasteiger partial charge in [-0.3, -0.25) is 9.59 Å². The van der Waals surface area contributed by atoms with Crippen LogP contribution in [0, 0.1) is 0 Å². The number of thiophene rings is 1. The number of imidazole rings is 1. The highest BCUT2D eigenvalue weighted by atomic mass is 32.1. The number of rotatable bonds is 3. The molecule has 26 heavy (non-hydrogen) atoms. The van der Waals surface area contributed by atoms with Crippen LogP contribution in [0.25, 0.3) is 11.0 Å². The van der Waals surface area contributed by atoms with Crippen molar-refractivity contribution in [2.45, 2.75) is 25.7 Å². The molecule has 0 aliphatic carbocycles. The number of likely N-dealkylation sites (tertiary alicyclic amines) is 1. The van der Waals surface area contributed by atoms with Crippen molar-refractivity contribution in [1.29, 1.82) is 0 Å². The summed E-state index contributed by atoms with van der Waals surface area (Å²) in [7, 11) is 0. The number of H-pyrrole nitrogens is 1. The van der Waals surface area contributed by atoms with Gasteiger partial charge in [0.1, 0.15) is 5.82 Å². The highest BCUT2D eigenvalue weighted by Crippen LogP contribution is 2.29. The van der Waals surface area contributed by atoms with Crippen LogP contribution in [-0.2, 0) is 4.79 Å². The van der Waals surface area contributed by atoms with E-state index >= 15 is 0 Å². The third-order valence-corrected chi connectivity index (χ3v) is 5.61. The number of aromatic amines is 1. The molecule has 134 valence electrons. The zero-order valence-corrected chi connectivity index (χ0v) is 15.3. The normalized spacial score (nSPS) is 17.4. The number of benzene rings is 1. The summed E-state index contributed by atoms with van der Waals surface area (Å²) in [5.41, 5.74) is 1.99. The first-order valence-corrected chi connectivity index (χ1v) is 9.53. The Hall–Kier alpha value is -2.67. The molecule has 7 heteroatoms. The van der Waals surface area contributed by atoms with E-state index in [9.17, 15) is 9.59 Å². The molecular weight excluding hydrogens is 348 g/mol. The van der Waals surface area contributed by atoms with E-state index in [0.29, 0.717) is 16.4 Å². The van der Waals surface area contributed by atoms with Crippen molar-refractivity contribution in [2.24, 2.45) is 0 Å². The average Bonchev–Trinajstić information content (AvgIpc) is 3.27. The number of piperidine rings is 1. The Morgan fingerprint density at radius 3 is 2.92 bits per heavy atom. The van der Waals surface area contributed by atoms with Gasteiger partial charge in [0.15, 0.2) is 0 Å². The number of carbonyl (C=O) groups excluding carboxylic acids is 2. The van der Waals surface area contributed by atoms with Crippen LogP contribution >= 0.6 is 11.3 Å². The Bertz CT molecular complexity index is 928. The summed E-state index contributed by atoms with van der Waals surface area (Å²) in [5.74, 6) is 1.06. The SMILES string of the molecule is CC(=O)Nc1ccc(C(=O)N2CCCC(c3nc4ccccc4[nH]3)C2)s1. The number of nitrogens with one attached hydrogen (secondary N) is 2. The average molecular weight is 368 g/mol. The molecule has 2 aromatic heterocycles. The lowest BCUT2D eigenvalue weighted by atomic mass is 9.97. The number of hydrogen-bond donors (Lipinski definition) is 2. The van der Waals surface area contributed by atoms with Crippen LogP contribution in [0.5, 0.6) is 0 Å². The van der Waals surface area contributed by atoms with Crippen LogP contribution < -0.4 is 5.32 Å². The highest BCUT2D eigenvalue weighted by Gasteiger charge is 2.28. The number of amides is 2. The molecule has 0 saturated carbocycles. The van der Waals surface area contributed by atoms with E-state index in [1.54, 1.807) is 12.1 Å². The maximum atomic E-state index is 12.8. The topological polar surface area (TPSA) is 78.1 Å². The molecule has 1 fully saturated rings. The Morgan fingerprint density at radius 2 is 2.12 bits per heavy atom. The maximum absolute atomic E-state index is 12.8. The Kier molecular flexibility index (Phi) is 4.46. The van der Waals surface area contributed by atoms with Crippen LogP contribution in [0.4, 0.5) is 5.00 Å². The molecular formula is C19H20N4O2S. The van der Waals surface area contributed by atoms with E-state index < -0.39 is 0 Å². The molecule has 2 amide bonds. The highest BCUT2D eigenvalue weighted by molar-refractivity contribution is 7.18. The summed E-state index contributed by atoms with van der Waals surface area (Å²) < 4.78 is 0. The largest absolute Gasteiger partial charge is 0.342 e. The van der Waals surface area contributed by atoms with Crippen molar-refractivity contribution in [3.63, 3.8) is 0 Å². The minimum Gasteiger partial charge on any atom is -0.342 e. The molecule has 1 saturated heterocycles. The van der Waals surface area contributed by atoms with E-state index in [0.717, 1.165) is 36.2 Å². The van der Waals surface area contributed by atoms with E-state index in [-0.39, 0.29) is 17.7 Å². The fourth-order valence-corrected chi connectivity index (χ4v) is 4.32. The molecule has 3 heterocycles. The second-order valence-electron chi connectivity index (χ2n) is 6.57. The molecule has 3 aromatic rings. The van der Waals surface area contributed by atoms with Crippen LogP contribution in [0.15, 0.2) is 36.4 Å². The molecule has 2 N–H and O–H groups in total. The monoisotopic (exact) mass is 368 g/mol. The van der Waals surface area contributed by atoms with Crippen LogP contribution in [0.2, 0.25) is 0 Å². The number of nitrogens with zero attached hydrogens (tertiary/aromatic N) is 2. The predicted molar refractivity (Wildman–Crippen MR) is 103 cm³/mol. The zero-order valence-electron chi connectivity index (χ0n) is 14.5. The first-order valence-electron chi connectivity index (χ1n) is 8.71. The van der Waals surface area contributed by atoms with Gasteiger partial charge in [0, 0.05) is 25.9 Å². The Balaban J connectivity index is 1.50. The van der Waals surface area contributed by atoms with E-state index in [4.69, 9.17) is 4.98 Å². The second kappa shape index (κ2) is 6.92. The van der Waals surface area contributed by atoms with Crippen molar-refractivity contribution < 1.29 is 9.59 Å². The lowest BCUT2D eigenvalue weighted by Gasteiger charge is -2.31. The van der Waals surface area contributed by atoms with Crippen LogP contribution in [-0.4, -0.2) is 39.8 Å². The molecule has 1 aliphatic heterocycles. The second-order valence-corrected chi connectivity index (χ2v) is 7.66. The first kappa shape index (κ1) is 16.8. The van der Waals surface area contributed by atoms with Gasteiger partial charge in [-0.1, -0.05) is 12.1 Å². The van der Waals surface area contributed by atoms with Crippen LogP contribution in [0.1, 0.15) is 41.2 Å². The lowest BCUT2D eigenvalue weighted by molar-refractivity contribution is -0.114. The summed E-state index contributed by atoms with van der Waals surface area (Å²) in [4.78, 5) is 34.6. The fraction of sp³-hybridized carbons (Fsp3) is 0.316. The lowest BCUT2D eigenvalue weighted by Crippen LogP contribution is -2.39. The van der Waals surface area contributed by atoms with Gasteiger partial charge >= 0.3 is 0 Å². The van der Waals surface area contributed by atoms with E-state index in [1.807, 2.05) is 29.2 Å². The molecule has 1 aromatic carbocycles. The van der Waals surface area contributed by atoms with Gasteiger partial charge in [-0.15, -0.1) is 11.3 Å². The molecule has 6 nitrogen and oxygen atoms in total. The number of anilines is 1. The molecule has 0 bridgehead atoms. The van der Waals surface area contributed by atoms with Gasteiger partial charge in [0.2, 0.25) is 5.91 Å². The first-order chi connectivity index (χ1) is 12.6. The maximum Gasteiger partial charge on any atom is 0.264 e. The molecule has 1 unspecified atom stereocenters. The molecule has 0 radical (unpaired) electrons. The number of hydrogen-bond acceptors (Lipinski definition) is 4. The predicted octanol–water partition coefficient (Wildman–Crippen LogP) is 3.60. The quantitative estimate of drug-likeness (QED) is 0.741. The van der Waals surface area contributed by atoms with Gasteiger partial charge in [0.05, 0.1) is 20.9 Å². The standard InChI is InChI=1S/C19H20N4O2S/c1-12(24)20-17-9-8-16(26-17)19(25)23-10-4-5-13(11-23)18-21-14-6-2-3-7-15(14)22-18/h2-3,6-9,13H,4-5,10-11H2,1H3,(H,20,24)(H,21,22). The van der Waals surface area contributed by atoms with Crippen molar-refractivity contribution in [2.75, 3.05) is 18.4 Å². The molecule has 4 rings (SSSR count). The summed E-state index contributed by atoms with van der Waals surface area (Å²) in [5, 5.41) is 3.43. The summed E-state index contributed by atoms with van der Waals surface area (Å²) in [6, 6.07) is 11.5. The van der Waals surface area contributed by atoms with Crippen molar-refractivity contribution in [1.82, 2.24) is 14.9 Å². The van der Waals surface area contributed by atoms with Gasteiger partial charge in [-0.2, -0.15) is 0 Å². The smallest absolute Gasteiger partial charge is 0.264 e. The third-order valence-electron chi connectivity index (χ3n) is 4.62. The number of carbonyl (C=O) groups is 2. The van der Waals surface area contributed by atoms with E-state index in [1.165, 1.54) is 18.3 Å². The zero-order chi connectivity index (χ0) is 18.1. The molecule has 1 aliphatic rings. The fourth-order valence-electron chi connectivity index (χ4n) is 3.40. The van der Waals surface area contributed by atoms with Crippen molar-refractivity contribution >= 4 is 39.2 Å². The van der Waals surface area contributed by atoms with Crippen LogP contribution in [0.3, 0.4) is 0 Å². The molecule has 1 atom stereocenters. The molecule has 0 spiro atoms. The Morgan fingerprint density at radius 1 is 1.27 bits per heavy atom. The summed E-state index contributed by atoms with van der Waals surface area (Å²) >= 11 is 1.32. The van der Waals surface area contributed by atoms with E-state index in [2.05, 4.69) is 10.3 Å². The minimum absolute atomic E-state index is 0.0208. The minimum atomic E-state index is -0.131. The van der Waals surface area contributed by atoms with Gasteiger partial charge in [-0.25, -0.2) is 4.98 Å².